The van der Waals surface area contributed by atoms with Gasteiger partial charge in [-0.3, -0.25) is 23.9 Å². The van der Waals surface area contributed by atoms with Crippen molar-refractivity contribution in [2.24, 2.45) is 39.2 Å². The number of carbonyl (C=O) groups is 4. The van der Waals surface area contributed by atoms with Crippen LogP contribution in [0.5, 0.6) is 0 Å². The minimum absolute atomic E-state index is 0.0455. The maximum atomic E-state index is 14.8. The molecule has 1 aliphatic heterocycles. The minimum Gasteiger partial charge on any atom is -0.342 e. The lowest BCUT2D eigenvalue weighted by Crippen LogP contribution is -2.61. The van der Waals surface area contributed by atoms with E-state index < -0.39 is 55.7 Å². The molecule has 0 bridgehead atoms. The van der Waals surface area contributed by atoms with E-state index in [-0.39, 0.29) is 39.9 Å². The Morgan fingerprint density at radius 3 is 2.04 bits per heavy atom. The van der Waals surface area contributed by atoms with Crippen molar-refractivity contribution in [3.8, 4) is 0 Å². The highest BCUT2D eigenvalue weighted by Gasteiger charge is 2.85. The standard InChI is InChI=1S/C38H63N5O6S/c1-8-16-35(19-20-35)50(48,49)42-32(47)38(21-25(38)9-2)41-29(44)26-22-37(34(6,7)36(37)17-13-18-36)23-43(26)31(46)28(33(3,4)5)40-30(45)27(39)24-14-11-10-12-15-24/h24-28H,8-23,39H2,1-7H3,(H,40,45)(H,41,44)(H,42,47)/t25-,26-,27-,28+,37+,38+/m0/s1. The van der Waals surface area contributed by atoms with E-state index in [1.807, 2.05) is 34.6 Å². The van der Waals surface area contributed by atoms with Gasteiger partial charge >= 0.3 is 0 Å². The van der Waals surface area contributed by atoms with Crippen LogP contribution in [0.15, 0.2) is 0 Å². The van der Waals surface area contributed by atoms with Gasteiger partial charge in [0, 0.05) is 12.0 Å². The van der Waals surface area contributed by atoms with Crippen molar-refractivity contribution in [2.45, 2.75) is 173 Å². The fraction of sp³-hybridized carbons (Fsp3) is 0.895. The number of likely N-dealkylation sites (tertiary alicyclic amines) is 1. The first-order valence-electron chi connectivity index (χ1n) is 19.5. The number of nitrogens with two attached hydrogens (primary N) is 1. The van der Waals surface area contributed by atoms with E-state index in [0.29, 0.717) is 51.5 Å². The van der Waals surface area contributed by atoms with Crippen molar-refractivity contribution >= 4 is 33.7 Å². The molecule has 4 amide bonds. The molecule has 6 fully saturated rings. The molecule has 6 rings (SSSR count). The molecule has 50 heavy (non-hydrogen) atoms. The first-order chi connectivity index (χ1) is 23.3. The summed E-state index contributed by atoms with van der Waals surface area (Å²) in [5.41, 5.74) is 4.20. The summed E-state index contributed by atoms with van der Waals surface area (Å²) in [4.78, 5) is 58.6. The zero-order chi connectivity index (χ0) is 36.7. The summed E-state index contributed by atoms with van der Waals surface area (Å²) in [5.74, 6) is -1.88. The van der Waals surface area contributed by atoms with Crippen LogP contribution in [0.1, 0.15) is 145 Å². The van der Waals surface area contributed by atoms with Gasteiger partial charge in [-0.2, -0.15) is 0 Å². The molecule has 0 aromatic carbocycles. The summed E-state index contributed by atoms with van der Waals surface area (Å²) in [5, 5.41) is 6.08. The van der Waals surface area contributed by atoms with E-state index in [4.69, 9.17) is 5.73 Å². The number of nitrogens with zero attached hydrogens (tertiary/aromatic N) is 1. The number of nitrogens with one attached hydrogen (secondary N) is 3. The van der Waals surface area contributed by atoms with Crippen molar-refractivity contribution in [3.05, 3.63) is 0 Å². The molecule has 6 aliphatic rings. The van der Waals surface area contributed by atoms with Crippen LogP contribution in [-0.2, 0) is 29.2 Å². The normalized spacial score (nSPS) is 33.2. The Morgan fingerprint density at radius 1 is 0.920 bits per heavy atom. The van der Waals surface area contributed by atoms with Crippen LogP contribution >= 0.6 is 0 Å². The smallest absolute Gasteiger partial charge is 0.259 e. The third-order valence-electron chi connectivity index (χ3n) is 14.9. The Morgan fingerprint density at radius 2 is 1.56 bits per heavy atom. The number of hydrogen-bond donors (Lipinski definition) is 4. The molecule has 5 N–H and O–H groups in total. The van der Waals surface area contributed by atoms with Crippen molar-refractivity contribution in [1.82, 2.24) is 20.3 Å². The molecule has 12 heteroatoms. The zero-order valence-electron chi connectivity index (χ0n) is 31.6. The third-order valence-corrected chi connectivity index (χ3v) is 17.1. The molecule has 0 aromatic rings. The first kappa shape index (κ1) is 37.5. The highest BCUT2D eigenvalue weighted by molar-refractivity contribution is 7.91. The van der Waals surface area contributed by atoms with Crippen LogP contribution in [0.25, 0.3) is 0 Å². The van der Waals surface area contributed by atoms with Crippen molar-refractivity contribution in [3.63, 3.8) is 0 Å². The lowest BCUT2D eigenvalue weighted by molar-refractivity contribution is -0.145. The lowest BCUT2D eigenvalue weighted by Gasteiger charge is -2.37. The average Bonchev–Trinajstić information content (AvgIpc) is 3.96. The van der Waals surface area contributed by atoms with Crippen molar-refractivity contribution < 1.29 is 27.6 Å². The van der Waals surface area contributed by atoms with Gasteiger partial charge < -0.3 is 21.3 Å². The van der Waals surface area contributed by atoms with E-state index in [1.54, 1.807) is 4.90 Å². The molecule has 11 nitrogen and oxygen atoms in total. The average molecular weight is 718 g/mol. The molecule has 0 aromatic heterocycles. The largest absolute Gasteiger partial charge is 0.342 e. The topological polar surface area (TPSA) is 168 Å². The molecular weight excluding hydrogens is 655 g/mol. The molecule has 1 saturated heterocycles. The second-order valence-electron chi connectivity index (χ2n) is 18.7. The lowest BCUT2D eigenvalue weighted by atomic mass is 9.73. The van der Waals surface area contributed by atoms with Crippen molar-refractivity contribution in [2.75, 3.05) is 6.54 Å². The Hall–Kier alpha value is -2.21. The van der Waals surface area contributed by atoms with Crippen LogP contribution in [0, 0.1) is 33.5 Å². The van der Waals surface area contributed by atoms with E-state index in [0.717, 1.165) is 51.4 Å². The van der Waals surface area contributed by atoms with Crippen LogP contribution in [0.2, 0.25) is 0 Å². The summed E-state index contributed by atoms with van der Waals surface area (Å²) < 4.78 is 28.3. The van der Waals surface area contributed by atoms with Gasteiger partial charge in [0.05, 0.1) is 10.8 Å². The SMILES string of the molecule is CCCC1(S(=O)(=O)NC(=O)[C@@]2(NC(=O)[C@@H]3C[C@@]4(CN3C(=O)[C@@H](NC(=O)[C@@H](N)C3CCCCC3)C(C)(C)C)C(C)(C)C43CCC3)C[C@@H]2CC)CC1. The van der Waals surface area contributed by atoms with Gasteiger partial charge in [-0.25, -0.2) is 8.42 Å². The maximum Gasteiger partial charge on any atom is 0.259 e. The van der Waals surface area contributed by atoms with E-state index in [2.05, 4.69) is 29.2 Å². The third kappa shape index (κ3) is 5.63. The van der Waals surface area contributed by atoms with Gasteiger partial charge in [0.15, 0.2) is 0 Å². The predicted octanol–water partition coefficient (Wildman–Crippen LogP) is 4.29. The maximum absolute atomic E-state index is 14.8. The van der Waals surface area contributed by atoms with E-state index in [9.17, 15) is 27.6 Å². The van der Waals surface area contributed by atoms with Gasteiger partial charge in [0.25, 0.3) is 5.91 Å². The fourth-order valence-corrected chi connectivity index (χ4v) is 12.8. The zero-order valence-corrected chi connectivity index (χ0v) is 32.4. The second kappa shape index (κ2) is 12.4. The molecule has 282 valence electrons. The number of rotatable bonds is 12. The van der Waals surface area contributed by atoms with Gasteiger partial charge in [-0.05, 0) is 85.9 Å². The highest BCUT2D eigenvalue weighted by Crippen LogP contribution is 2.88. The molecule has 1 heterocycles. The Labute approximate surface area is 299 Å². The summed E-state index contributed by atoms with van der Waals surface area (Å²) in [6.45, 7) is 14.5. The van der Waals surface area contributed by atoms with Crippen LogP contribution in [0.3, 0.4) is 0 Å². The molecule has 5 saturated carbocycles. The summed E-state index contributed by atoms with van der Waals surface area (Å²) in [6, 6.07) is -2.47. The Balaban J connectivity index is 1.26. The second-order valence-corrected chi connectivity index (χ2v) is 20.8. The summed E-state index contributed by atoms with van der Waals surface area (Å²) in [7, 11) is -3.92. The predicted molar refractivity (Wildman–Crippen MR) is 192 cm³/mol. The molecule has 5 aliphatic carbocycles. The monoisotopic (exact) mass is 717 g/mol. The Bertz CT molecular complexity index is 1510. The number of sulfonamides is 1. The number of fused-ring (bicyclic) bond motifs is 1. The van der Waals surface area contributed by atoms with Crippen LogP contribution < -0.4 is 21.1 Å². The summed E-state index contributed by atoms with van der Waals surface area (Å²) >= 11 is 0. The number of amides is 4. The Kier molecular flexibility index (Phi) is 9.34. The van der Waals surface area contributed by atoms with Gasteiger partial charge in [0.1, 0.15) is 17.6 Å². The molecule has 0 unspecified atom stereocenters. The van der Waals surface area contributed by atoms with Crippen molar-refractivity contribution in [1.29, 1.82) is 0 Å². The number of hydrogen-bond acceptors (Lipinski definition) is 7. The fourth-order valence-electron chi connectivity index (χ4n) is 11.0. The van der Waals surface area contributed by atoms with E-state index >= 15 is 0 Å². The minimum atomic E-state index is -3.92. The van der Waals surface area contributed by atoms with Gasteiger partial charge in [-0.1, -0.05) is 87.0 Å². The molecule has 2 spiro atoms. The molecule has 0 radical (unpaired) electrons. The number of carbonyl (C=O) groups excluding carboxylic acids is 4. The first-order valence-corrected chi connectivity index (χ1v) is 21.0. The highest BCUT2D eigenvalue weighted by atomic mass is 32.2. The van der Waals surface area contributed by atoms with Gasteiger partial charge in [-0.15, -0.1) is 0 Å². The summed E-state index contributed by atoms with van der Waals surface area (Å²) in [6.07, 6.45) is 11.9. The quantitative estimate of drug-likeness (QED) is 0.234. The van der Waals surface area contributed by atoms with Crippen LogP contribution in [-0.4, -0.2) is 71.9 Å². The molecular formula is C38H63N5O6S. The van der Waals surface area contributed by atoms with Gasteiger partial charge in [0.2, 0.25) is 27.7 Å². The van der Waals surface area contributed by atoms with E-state index in [1.165, 1.54) is 0 Å². The van der Waals surface area contributed by atoms with Crippen LogP contribution in [0.4, 0.5) is 0 Å². The molecule has 6 atom stereocenters.